The van der Waals surface area contributed by atoms with Crippen molar-refractivity contribution in [1.82, 2.24) is 55.3 Å². The predicted molar refractivity (Wildman–Crippen MR) is 439 cm³/mol. The Balaban J connectivity index is 0.000000150. The third kappa shape index (κ3) is 21.6. The maximum Gasteiger partial charge on any atom is 0.260 e. The molecule has 8 atom stereocenters. The molecule has 115 heavy (non-hydrogen) atoms. The number of methoxy groups -OCH3 is 1. The number of piperidine rings is 1. The van der Waals surface area contributed by atoms with Gasteiger partial charge in [-0.2, -0.15) is 0 Å². The van der Waals surface area contributed by atoms with Gasteiger partial charge in [-0.1, -0.05) is 90.1 Å². The van der Waals surface area contributed by atoms with Crippen LogP contribution in [-0.2, 0) is 64.1 Å². The Morgan fingerprint density at radius 2 is 0.878 bits per heavy atom. The van der Waals surface area contributed by atoms with Crippen LogP contribution in [0.4, 0.5) is 39.0 Å². The van der Waals surface area contributed by atoms with Crippen molar-refractivity contribution in [2.45, 2.75) is 165 Å². The molecule has 9 aliphatic rings. The summed E-state index contributed by atoms with van der Waals surface area (Å²) in [7, 11) is 1.73. The van der Waals surface area contributed by atoms with Crippen molar-refractivity contribution in [3.63, 3.8) is 0 Å². The third-order valence-corrected chi connectivity index (χ3v) is 24.6. The number of fused-ring (bicyclic) bond motifs is 3. The molecule has 0 bridgehead atoms. The number of amides is 3. The van der Waals surface area contributed by atoms with Crippen LogP contribution in [0.25, 0.3) is 0 Å². The number of ether oxygens (including phenoxy) is 3. The van der Waals surface area contributed by atoms with E-state index in [9.17, 15) is 41.4 Å². The molecule has 0 spiro atoms. The van der Waals surface area contributed by atoms with Crippen LogP contribution in [0.1, 0.15) is 125 Å². The third-order valence-electron chi connectivity index (χ3n) is 24.6. The topological polar surface area (TPSA) is 190 Å². The standard InChI is InChI=1S/C30H42FN5O3.C30H41FN4O3.C29H38F3N5O/c1-21-15-35(25(14-32-21)16-34-9-10-39-19-26(34)18-38-4)17-28(37)36-20-30(2,3)29-27(36)12-23(13-33-29)11-22-5-7-24(31)8-6-22;1-21-15-34(25(14-32-21)16-33-10-11-38-19-26(33)18-36)17-29(37)35-20-30(2,3)27-9-6-23(13-28(27)35)12-22-4-7-24(31)8-5-22;1-20-15-36(24(14-33-20)16-35-10-4-9-29(31,32)19-35)17-26(38)37-18-28(2,3)27-25(37)12-22(13-34-27)11-21-5-7-23(30)8-6-21/h5-8,12-13,21,25-26,32H,9-11,14-20H2,1-4H3;4-9,13,21,25-26,32,36H,10-12,14-20H2,1-3H3;5-8,12-13,20,24,33H,4,9-11,14-19H2,1-3H3/t2*21-,25-,26-;20-,24-/m111/s1. The second-order valence-electron chi connectivity index (χ2n) is 35.7. The lowest BCUT2D eigenvalue weighted by molar-refractivity contribution is -0.122. The number of pyridine rings is 2. The number of rotatable bonds is 21. The highest BCUT2D eigenvalue weighted by Gasteiger charge is 2.46. The van der Waals surface area contributed by atoms with Gasteiger partial charge < -0.3 is 50.0 Å². The Kier molecular flexibility index (Phi) is 27.8. The van der Waals surface area contributed by atoms with Crippen molar-refractivity contribution in [2.75, 3.05) is 186 Å². The molecule has 15 rings (SSSR count). The first-order valence-corrected chi connectivity index (χ1v) is 41.5. The van der Waals surface area contributed by atoms with Gasteiger partial charge in [-0.3, -0.25) is 53.8 Å². The number of anilines is 3. The SMILES string of the molecule is COC[C@@H]1COCCN1C[C@H]1CN[C@H](C)CN1CC(=O)N1CC(C)(C)c2ncc(Cc3ccc(F)cc3)cc21.C[C@@H]1CN(CC(=O)N2CC(C)(C)c3ccc(Cc4ccc(F)cc4)cc32)[C@@H](CN2CCOC[C@H]2CO)CN1.C[C@@H]1CN(CC(=O)N2CC(C)(C)c3ncc(Cc4ccc(F)cc4)cc32)[C@@H](CN2CCCC(F)(F)C2)CN1. The molecular formula is C89H121F5N14O7. The fourth-order valence-corrected chi connectivity index (χ4v) is 18.4. The van der Waals surface area contributed by atoms with E-state index in [-0.39, 0.29) is 114 Å². The summed E-state index contributed by atoms with van der Waals surface area (Å²) in [6, 6.07) is 31.6. The van der Waals surface area contributed by atoms with Crippen LogP contribution in [0, 0.1) is 17.5 Å². The number of carbonyl (C=O) groups is 3. The smallest absolute Gasteiger partial charge is 0.260 e. The number of hydrogen-bond donors (Lipinski definition) is 4. The maximum absolute atomic E-state index is 14.0. The highest BCUT2D eigenvalue weighted by Crippen LogP contribution is 2.44. The molecule has 624 valence electrons. The Morgan fingerprint density at radius 3 is 1.31 bits per heavy atom. The van der Waals surface area contributed by atoms with Gasteiger partial charge in [-0.05, 0) is 147 Å². The van der Waals surface area contributed by atoms with Gasteiger partial charge in [0.25, 0.3) is 5.92 Å². The summed E-state index contributed by atoms with van der Waals surface area (Å²) in [5.74, 6) is -3.16. The van der Waals surface area contributed by atoms with E-state index in [1.807, 2.05) is 50.2 Å². The lowest BCUT2D eigenvalue weighted by Crippen LogP contribution is -2.62. The van der Waals surface area contributed by atoms with Crippen molar-refractivity contribution in [3.8, 4) is 0 Å². The maximum atomic E-state index is 14.0. The zero-order valence-electron chi connectivity index (χ0n) is 69.0. The van der Waals surface area contributed by atoms with Crippen molar-refractivity contribution in [2.24, 2.45) is 0 Å². The molecule has 6 fully saturated rings. The van der Waals surface area contributed by atoms with E-state index in [4.69, 9.17) is 24.2 Å². The van der Waals surface area contributed by atoms with E-state index >= 15 is 0 Å². The number of aliphatic hydroxyl groups is 1. The predicted octanol–water partition coefficient (Wildman–Crippen LogP) is 8.67. The van der Waals surface area contributed by atoms with E-state index in [0.29, 0.717) is 123 Å². The summed E-state index contributed by atoms with van der Waals surface area (Å²) in [5, 5.41) is 20.5. The molecule has 4 N–H and O–H groups in total. The van der Waals surface area contributed by atoms with Crippen LogP contribution in [0.2, 0.25) is 0 Å². The number of carbonyl (C=O) groups excluding carboxylic acids is 3. The monoisotopic (exact) mass is 1590 g/mol. The highest BCUT2D eigenvalue weighted by atomic mass is 19.3. The Labute approximate surface area is 676 Å². The molecule has 21 nitrogen and oxygen atoms in total. The molecule has 0 radical (unpaired) electrons. The van der Waals surface area contributed by atoms with Gasteiger partial charge in [0.15, 0.2) is 0 Å². The first-order chi connectivity index (χ1) is 54.9. The van der Waals surface area contributed by atoms with Crippen LogP contribution in [0.15, 0.2) is 116 Å². The number of nitrogens with zero attached hydrogens (tertiary/aromatic N) is 11. The average Bonchev–Trinajstić information content (AvgIpc) is 1.62. The van der Waals surface area contributed by atoms with Crippen molar-refractivity contribution in [3.05, 3.63) is 183 Å². The molecule has 0 unspecified atom stereocenters. The van der Waals surface area contributed by atoms with Gasteiger partial charge in [0, 0.05) is 176 Å². The largest absolute Gasteiger partial charge is 0.395 e. The van der Waals surface area contributed by atoms with E-state index in [0.717, 1.165) is 121 Å². The molecule has 6 aromatic rings. The Morgan fingerprint density at radius 1 is 0.487 bits per heavy atom. The minimum atomic E-state index is -2.64. The number of piperazine rings is 3. The van der Waals surface area contributed by atoms with Crippen molar-refractivity contribution in [1.29, 1.82) is 0 Å². The second-order valence-corrected chi connectivity index (χ2v) is 35.7. The summed E-state index contributed by atoms with van der Waals surface area (Å²) in [6.45, 7) is 34.4. The highest BCUT2D eigenvalue weighted by molar-refractivity contribution is 5.99. The van der Waals surface area contributed by atoms with Crippen LogP contribution < -0.4 is 30.7 Å². The average molecular weight is 1590 g/mol. The molecule has 3 amide bonds. The summed E-state index contributed by atoms with van der Waals surface area (Å²) < 4.78 is 84.9. The number of likely N-dealkylation sites (tertiary alicyclic amines) is 1. The van der Waals surface area contributed by atoms with E-state index in [1.165, 1.54) is 42.0 Å². The number of alkyl halides is 2. The minimum absolute atomic E-state index is 0.000584. The number of aromatic nitrogens is 2. The number of nitrogens with one attached hydrogen (secondary N) is 3. The molecular weight excluding hydrogens is 1470 g/mol. The molecule has 11 heterocycles. The number of benzene rings is 4. The number of morpholine rings is 2. The summed E-state index contributed by atoms with van der Waals surface area (Å²) >= 11 is 0. The van der Waals surface area contributed by atoms with E-state index < -0.39 is 5.92 Å². The molecule has 6 saturated heterocycles. The fraction of sp³-hybridized carbons (Fsp3) is 0.584. The van der Waals surface area contributed by atoms with Gasteiger partial charge in [0.2, 0.25) is 17.7 Å². The van der Waals surface area contributed by atoms with E-state index in [2.05, 4.69) is 127 Å². The van der Waals surface area contributed by atoms with Gasteiger partial charge >= 0.3 is 0 Å². The number of aliphatic hydroxyl groups excluding tert-OH is 1. The molecule has 26 heteroatoms. The van der Waals surface area contributed by atoms with Crippen LogP contribution >= 0.6 is 0 Å². The Bertz CT molecular complexity index is 4280. The van der Waals surface area contributed by atoms with Gasteiger partial charge in [-0.25, -0.2) is 22.0 Å². The summed E-state index contributed by atoms with van der Waals surface area (Å²) in [4.78, 5) is 70.3. The lowest BCUT2D eigenvalue weighted by Gasteiger charge is -2.44. The fourth-order valence-electron chi connectivity index (χ4n) is 18.4. The van der Waals surface area contributed by atoms with Crippen LogP contribution in [0.5, 0.6) is 0 Å². The zero-order chi connectivity index (χ0) is 81.5. The number of hydrogen-bond acceptors (Lipinski definition) is 18. The molecule has 9 aliphatic heterocycles. The summed E-state index contributed by atoms with van der Waals surface area (Å²) in [5.41, 5.74) is 11.3. The van der Waals surface area contributed by atoms with Crippen LogP contribution in [-0.4, -0.2) is 288 Å². The first kappa shape index (κ1) is 85.6. The number of halogens is 5. The van der Waals surface area contributed by atoms with Gasteiger partial charge in [-0.15, -0.1) is 0 Å². The van der Waals surface area contributed by atoms with Crippen molar-refractivity contribution < 1.29 is 55.7 Å². The second kappa shape index (κ2) is 37.3. The quantitative estimate of drug-likeness (QED) is 0.0501. The van der Waals surface area contributed by atoms with Gasteiger partial charge in [0.1, 0.15) is 17.5 Å². The molecule has 4 aromatic carbocycles. The first-order valence-electron chi connectivity index (χ1n) is 41.5. The molecule has 2 aromatic heterocycles. The van der Waals surface area contributed by atoms with Crippen LogP contribution in [0.3, 0.4) is 0 Å². The lowest BCUT2D eigenvalue weighted by atomic mass is 9.86. The van der Waals surface area contributed by atoms with Crippen molar-refractivity contribution >= 4 is 34.8 Å². The molecule has 0 saturated carbocycles. The molecule has 0 aliphatic carbocycles. The minimum Gasteiger partial charge on any atom is -0.395 e. The van der Waals surface area contributed by atoms with E-state index in [1.54, 1.807) is 31.4 Å². The summed E-state index contributed by atoms with van der Waals surface area (Å²) in [6.07, 6.45) is 6.12. The Hall–Kier alpha value is -7.28. The van der Waals surface area contributed by atoms with Gasteiger partial charge in [0.05, 0.1) is 101 Å². The normalized spacial score (nSPS) is 25.6. The zero-order valence-corrected chi connectivity index (χ0v) is 69.0.